The van der Waals surface area contributed by atoms with Crippen molar-refractivity contribution in [3.8, 4) is 0 Å². The molecule has 0 aliphatic rings. The van der Waals surface area contributed by atoms with E-state index in [9.17, 15) is 4.79 Å². The average molecular weight is 278 g/mol. The van der Waals surface area contributed by atoms with Crippen LogP contribution in [-0.2, 0) is 18.3 Å². The van der Waals surface area contributed by atoms with Crippen LogP contribution in [0.15, 0.2) is 6.20 Å². The molecule has 1 heterocycles. The van der Waals surface area contributed by atoms with Gasteiger partial charge in [-0.05, 0) is 35.9 Å². The van der Waals surface area contributed by atoms with Crippen LogP contribution in [0.3, 0.4) is 0 Å². The number of rotatable bonds is 3. The van der Waals surface area contributed by atoms with E-state index in [1.165, 1.54) is 0 Å². The number of carbonyl (C=O) groups is 1. The van der Waals surface area contributed by atoms with Crippen molar-refractivity contribution in [1.29, 1.82) is 0 Å². The maximum absolute atomic E-state index is 10.7. The molecule has 0 fully saturated rings. The third-order valence-corrected chi connectivity index (χ3v) is 2.47. The molecule has 1 aromatic rings. The number of aryl methyl sites for hydroxylation is 2. The third kappa shape index (κ3) is 2.58. The van der Waals surface area contributed by atoms with Gasteiger partial charge in [-0.2, -0.15) is 5.10 Å². The van der Waals surface area contributed by atoms with Crippen molar-refractivity contribution >= 4 is 28.4 Å². The summed E-state index contributed by atoms with van der Waals surface area (Å²) in [6.45, 7) is 1.61. The Hall–Kier alpha value is -0.390. The van der Waals surface area contributed by atoms with Gasteiger partial charge in [0.25, 0.3) is 0 Å². The maximum atomic E-state index is 10.7. The molecule has 0 unspecified atom stereocenters. The van der Waals surface area contributed by atoms with Crippen LogP contribution < -0.4 is 0 Å². The Kier molecular flexibility index (Phi) is 3.25. The highest BCUT2D eigenvalue weighted by Gasteiger charge is 2.05. The second-order valence-electron chi connectivity index (χ2n) is 2.80. The lowest BCUT2D eigenvalue weighted by atomic mass is 10.2. The molecule has 0 aromatic carbocycles. The zero-order valence-corrected chi connectivity index (χ0v) is 9.33. The van der Waals surface area contributed by atoms with E-state index in [1.54, 1.807) is 11.6 Å². The summed E-state index contributed by atoms with van der Waals surface area (Å²) in [5, 5.41) is 4.24. The molecule has 0 saturated carbocycles. The summed E-state index contributed by atoms with van der Waals surface area (Å²) < 4.78 is 2.91. The van der Waals surface area contributed by atoms with Crippen molar-refractivity contribution in [3.05, 3.63) is 15.5 Å². The normalized spacial score (nSPS) is 10.2. The number of ketones is 1. The van der Waals surface area contributed by atoms with Gasteiger partial charge in [-0.25, -0.2) is 0 Å². The van der Waals surface area contributed by atoms with E-state index in [2.05, 4.69) is 27.7 Å². The average Bonchev–Trinajstić information content (AvgIpc) is 2.26. The van der Waals surface area contributed by atoms with Gasteiger partial charge in [0.05, 0.1) is 9.26 Å². The van der Waals surface area contributed by atoms with Crippen molar-refractivity contribution in [1.82, 2.24) is 9.78 Å². The Labute approximate surface area is 85.3 Å². The number of aromatic nitrogens is 2. The van der Waals surface area contributed by atoms with Crippen molar-refractivity contribution in [2.75, 3.05) is 0 Å². The molecule has 3 nitrogen and oxygen atoms in total. The fourth-order valence-electron chi connectivity index (χ4n) is 0.969. The molecule has 0 spiro atoms. The standard InChI is InChI=1S/C8H11IN2O/c1-6(12)3-4-8-7(9)5-11(2)10-8/h5H,3-4H2,1-2H3. The summed E-state index contributed by atoms with van der Waals surface area (Å²) in [5.41, 5.74) is 1.02. The minimum atomic E-state index is 0.219. The molecule has 0 saturated heterocycles. The van der Waals surface area contributed by atoms with Crippen molar-refractivity contribution in [2.45, 2.75) is 19.8 Å². The highest BCUT2D eigenvalue weighted by molar-refractivity contribution is 14.1. The minimum Gasteiger partial charge on any atom is -0.300 e. The lowest BCUT2D eigenvalue weighted by Crippen LogP contribution is -1.97. The SMILES string of the molecule is CC(=O)CCc1nn(C)cc1I. The van der Waals surface area contributed by atoms with Crippen molar-refractivity contribution in [3.63, 3.8) is 0 Å². The third-order valence-electron chi connectivity index (χ3n) is 1.57. The van der Waals surface area contributed by atoms with E-state index in [-0.39, 0.29) is 5.78 Å². The molecule has 4 heteroatoms. The van der Waals surface area contributed by atoms with Crippen LogP contribution in [0.4, 0.5) is 0 Å². The smallest absolute Gasteiger partial charge is 0.130 e. The highest BCUT2D eigenvalue weighted by Crippen LogP contribution is 2.11. The summed E-state index contributed by atoms with van der Waals surface area (Å²) in [4.78, 5) is 10.7. The van der Waals surface area contributed by atoms with Gasteiger partial charge >= 0.3 is 0 Å². The second kappa shape index (κ2) is 4.02. The van der Waals surface area contributed by atoms with E-state index in [1.807, 2.05) is 13.2 Å². The lowest BCUT2D eigenvalue weighted by molar-refractivity contribution is -0.117. The summed E-state index contributed by atoms with van der Waals surface area (Å²) >= 11 is 2.23. The highest BCUT2D eigenvalue weighted by atomic mass is 127. The van der Waals surface area contributed by atoms with E-state index < -0.39 is 0 Å². The van der Waals surface area contributed by atoms with Gasteiger partial charge in [-0.3, -0.25) is 4.68 Å². The largest absolute Gasteiger partial charge is 0.300 e. The first-order valence-corrected chi connectivity index (χ1v) is 4.85. The lowest BCUT2D eigenvalue weighted by Gasteiger charge is -1.93. The van der Waals surface area contributed by atoms with E-state index in [0.29, 0.717) is 6.42 Å². The second-order valence-corrected chi connectivity index (χ2v) is 3.96. The Morgan fingerprint density at radius 2 is 2.42 bits per heavy atom. The van der Waals surface area contributed by atoms with Crippen LogP contribution in [0.25, 0.3) is 0 Å². The van der Waals surface area contributed by atoms with Gasteiger partial charge in [0, 0.05) is 19.7 Å². The predicted octanol–water partition coefficient (Wildman–Crippen LogP) is 1.55. The number of Topliss-reactive ketones (excluding diaryl/α,β-unsaturated/α-hetero) is 1. The molecular weight excluding hydrogens is 267 g/mol. The van der Waals surface area contributed by atoms with Gasteiger partial charge < -0.3 is 4.79 Å². The van der Waals surface area contributed by atoms with Gasteiger partial charge in [-0.15, -0.1) is 0 Å². The van der Waals surface area contributed by atoms with Crippen LogP contribution in [0.2, 0.25) is 0 Å². The van der Waals surface area contributed by atoms with Crippen LogP contribution in [0, 0.1) is 3.57 Å². The molecule has 1 rings (SSSR count). The molecule has 0 amide bonds. The predicted molar refractivity (Wildman–Crippen MR) is 54.9 cm³/mol. The number of carbonyl (C=O) groups excluding carboxylic acids is 1. The summed E-state index contributed by atoms with van der Waals surface area (Å²) in [6.07, 6.45) is 3.30. The Morgan fingerprint density at radius 1 is 1.75 bits per heavy atom. The quantitative estimate of drug-likeness (QED) is 0.786. The summed E-state index contributed by atoms with van der Waals surface area (Å²) in [5.74, 6) is 0.219. The van der Waals surface area contributed by atoms with Gasteiger partial charge in [0.15, 0.2) is 0 Å². The fraction of sp³-hybridized carbons (Fsp3) is 0.500. The number of hydrogen-bond donors (Lipinski definition) is 0. The fourth-order valence-corrected chi connectivity index (χ4v) is 1.75. The molecular formula is C8H11IN2O. The number of halogens is 1. The van der Waals surface area contributed by atoms with E-state index in [0.717, 1.165) is 15.7 Å². The van der Waals surface area contributed by atoms with Crippen molar-refractivity contribution < 1.29 is 4.79 Å². The molecule has 0 aliphatic heterocycles. The van der Waals surface area contributed by atoms with Gasteiger partial charge in [0.1, 0.15) is 5.78 Å². The Balaban J connectivity index is 2.62. The number of hydrogen-bond acceptors (Lipinski definition) is 2. The van der Waals surface area contributed by atoms with Crippen LogP contribution in [0.5, 0.6) is 0 Å². The molecule has 0 radical (unpaired) electrons. The Bertz CT molecular complexity index is 293. The van der Waals surface area contributed by atoms with Crippen LogP contribution >= 0.6 is 22.6 Å². The summed E-state index contributed by atoms with van der Waals surface area (Å²) in [6, 6.07) is 0. The molecule has 0 aliphatic carbocycles. The van der Waals surface area contributed by atoms with E-state index in [4.69, 9.17) is 0 Å². The molecule has 66 valence electrons. The molecule has 0 N–H and O–H groups in total. The number of nitrogens with zero attached hydrogens (tertiary/aromatic N) is 2. The van der Waals surface area contributed by atoms with Crippen LogP contribution in [-0.4, -0.2) is 15.6 Å². The Morgan fingerprint density at radius 3 is 2.83 bits per heavy atom. The molecule has 12 heavy (non-hydrogen) atoms. The zero-order chi connectivity index (χ0) is 9.14. The minimum absolute atomic E-state index is 0.219. The van der Waals surface area contributed by atoms with Crippen molar-refractivity contribution in [2.24, 2.45) is 7.05 Å². The van der Waals surface area contributed by atoms with Gasteiger partial charge in [0.2, 0.25) is 0 Å². The van der Waals surface area contributed by atoms with Gasteiger partial charge in [-0.1, -0.05) is 0 Å². The summed E-state index contributed by atoms with van der Waals surface area (Å²) in [7, 11) is 1.89. The first-order valence-electron chi connectivity index (χ1n) is 3.77. The van der Waals surface area contributed by atoms with E-state index >= 15 is 0 Å². The molecule has 0 atom stereocenters. The topological polar surface area (TPSA) is 34.9 Å². The first kappa shape index (κ1) is 9.70. The van der Waals surface area contributed by atoms with Crippen LogP contribution in [0.1, 0.15) is 19.0 Å². The molecule has 0 bridgehead atoms. The maximum Gasteiger partial charge on any atom is 0.130 e. The molecule has 1 aromatic heterocycles. The first-order chi connectivity index (χ1) is 5.59. The zero-order valence-electron chi connectivity index (χ0n) is 7.17. The monoisotopic (exact) mass is 278 g/mol.